The van der Waals surface area contributed by atoms with Crippen molar-refractivity contribution in [1.29, 1.82) is 0 Å². The highest BCUT2D eigenvalue weighted by Gasteiger charge is 2.26. The number of aliphatic hydroxyl groups excluding tert-OH is 1. The van der Waals surface area contributed by atoms with Crippen molar-refractivity contribution in [1.82, 2.24) is 0 Å². The quantitative estimate of drug-likeness (QED) is 0.857. The molecule has 1 atom stereocenters. The number of benzene rings is 2. The van der Waals surface area contributed by atoms with Crippen molar-refractivity contribution in [3.63, 3.8) is 0 Å². The van der Waals surface area contributed by atoms with Gasteiger partial charge in [0.1, 0.15) is 0 Å². The van der Waals surface area contributed by atoms with Crippen molar-refractivity contribution < 1.29 is 5.11 Å². The molecule has 1 heteroatoms. The molecule has 2 rings (SSSR count). The second kappa shape index (κ2) is 6.23. The van der Waals surface area contributed by atoms with E-state index in [1.165, 1.54) is 16.7 Å². The summed E-state index contributed by atoms with van der Waals surface area (Å²) in [6.07, 6.45) is 0.853. The first kappa shape index (κ1) is 14.8. The summed E-state index contributed by atoms with van der Waals surface area (Å²) in [4.78, 5) is 0. The fourth-order valence-corrected chi connectivity index (χ4v) is 2.56. The van der Waals surface area contributed by atoms with Gasteiger partial charge in [0.15, 0.2) is 0 Å². The third kappa shape index (κ3) is 3.29. The predicted molar refractivity (Wildman–Crippen MR) is 85.1 cm³/mol. The van der Waals surface area contributed by atoms with Crippen LogP contribution in [0.4, 0.5) is 0 Å². The molecule has 0 bridgehead atoms. The molecule has 106 valence electrons. The van der Waals surface area contributed by atoms with Crippen LogP contribution in [-0.2, 0) is 11.8 Å². The Balaban J connectivity index is 2.22. The predicted octanol–water partition coefficient (Wildman–Crippen LogP) is 4.30. The van der Waals surface area contributed by atoms with Crippen molar-refractivity contribution in [2.24, 2.45) is 0 Å². The molecule has 0 saturated carbocycles. The summed E-state index contributed by atoms with van der Waals surface area (Å²) in [5.74, 6) is 0.558. The minimum Gasteiger partial charge on any atom is -0.395 e. The summed E-state index contributed by atoms with van der Waals surface area (Å²) in [6.45, 7) is 6.69. The Morgan fingerprint density at radius 2 is 1.55 bits per heavy atom. The maximum absolute atomic E-state index is 9.84. The van der Waals surface area contributed by atoms with Crippen LogP contribution in [0.25, 0.3) is 0 Å². The molecule has 1 nitrogen and oxygen atoms in total. The van der Waals surface area contributed by atoms with Gasteiger partial charge in [0.2, 0.25) is 0 Å². The average Bonchev–Trinajstić information content (AvgIpc) is 2.48. The fraction of sp³-hybridized carbons (Fsp3) is 0.368. The maximum Gasteiger partial charge on any atom is 0.0528 e. The summed E-state index contributed by atoms with van der Waals surface area (Å²) in [5, 5.41) is 9.84. The zero-order valence-corrected chi connectivity index (χ0v) is 12.6. The number of hydrogen-bond acceptors (Lipinski definition) is 1. The van der Waals surface area contributed by atoms with Crippen LogP contribution in [0, 0.1) is 0 Å². The van der Waals surface area contributed by atoms with Gasteiger partial charge in [-0.25, -0.2) is 0 Å². The molecule has 1 N–H and O–H groups in total. The third-order valence-corrected chi connectivity index (χ3v) is 4.06. The van der Waals surface area contributed by atoms with Crippen LogP contribution in [0.15, 0.2) is 54.6 Å². The molecule has 0 amide bonds. The summed E-state index contributed by atoms with van der Waals surface area (Å²) in [5.41, 5.74) is 3.60. The standard InChI is InChI=1S/C19H24O/c1-15(2)17-11-9-16(10-12-17)13-19(3,14-20)18-7-5-4-6-8-18/h4-12,15,20H,13-14H2,1-3H3. The average molecular weight is 268 g/mol. The van der Waals surface area contributed by atoms with Gasteiger partial charge in [-0.15, -0.1) is 0 Å². The monoisotopic (exact) mass is 268 g/mol. The van der Waals surface area contributed by atoms with E-state index < -0.39 is 0 Å². The molecular weight excluding hydrogens is 244 g/mol. The van der Waals surface area contributed by atoms with Crippen molar-refractivity contribution >= 4 is 0 Å². The molecule has 2 aromatic rings. The van der Waals surface area contributed by atoms with Gasteiger partial charge in [0, 0.05) is 5.41 Å². The largest absolute Gasteiger partial charge is 0.395 e. The molecule has 0 aliphatic heterocycles. The van der Waals surface area contributed by atoms with Crippen LogP contribution in [0.3, 0.4) is 0 Å². The molecular formula is C19H24O. The number of hydrogen-bond donors (Lipinski definition) is 1. The smallest absolute Gasteiger partial charge is 0.0528 e. The van der Waals surface area contributed by atoms with Gasteiger partial charge >= 0.3 is 0 Å². The highest BCUT2D eigenvalue weighted by atomic mass is 16.3. The highest BCUT2D eigenvalue weighted by molar-refractivity contribution is 5.31. The van der Waals surface area contributed by atoms with Gasteiger partial charge < -0.3 is 5.11 Å². The normalized spacial score (nSPS) is 14.2. The molecule has 0 saturated heterocycles. The Labute approximate surface area is 122 Å². The summed E-state index contributed by atoms with van der Waals surface area (Å²) in [7, 11) is 0. The first-order valence-electron chi connectivity index (χ1n) is 7.30. The molecule has 0 aliphatic rings. The lowest BCUT2D eigenvalue weighted by molar-refractivity contribution is 0.204. The molecule has 20 heavy (non-hydrogen) atoms. The van der Waals surface area contributed by atoms with Crippen LogP contribution < -0.4 is 0 Å². The maximum atomic E-state index is 9.84. The van der Waals surface area contributed by atoms with Crippen LogP contribution >= 0.6 is 0 Å². The Morgan fingerprint density at radius 3 is 2.05 bits per heavy atom. The van der Waals surface area contributed by atoms with E-state index in [0.29, 0.717) is 5.92 Å². The van der Waals surface area contributed by atoms with Crippen molar-refractivity contribution in [2.75, 3.05) is 6.61 Å². The van der Waals surface area contributed by atoms with Crippen molar-refractivity contribution in [2.45, 2.75) is 38.5 Å². The van der Waals surface area contributed by atoms with Crippen molar-refractivity contribution in [3.05, 3.63) is 71.3 Å². The van der Waals surface area contributed by atoms with Gasteiger partial charge in [-0.2, -0.15) is 0 Å². The van der Waals surface area contributed by atoms with Crippen LogP contribution in [-0.4, -0.2) is 11.7 Å². The van der Waals surface area contributed by atoms with Gasteiger partial charge in [-0.3, -0.25) is 0 Å². The molecule has 1 unspecified atom stereocenters. The van der Waals surface area contributed by atoms with E-state index in [9.17, 15) is 5.11 Å². The first-order chi connectivity index (χ1) is 9.55. The zero-order chi connectivity index (χ0) is 14.6. The Hall–Kier alpha value is -1.60. The van der Waals surface area contributed by atoms with E-state index in [4.69, 9.17) is 0 Å². The van der Waals surface area contributed by atoms with E-state index >= 15 is 0 Å². The Bertz CT molecular complexity index is 527. The van der Waals surface area contributed by atoms with E-state index in [2.05, 4.69) is 57.2 Å². The van der Waals surface area contributed by atoms with E-state index in [1.54, 1.807) is 0 Å². The van der Waals surface area contributed by atoms with E-state index in [0.717, 1.165) is 6.42 Å². The molecule has 0 heterocycles. The van der Waals surface area contributed by atoms with Crippen LogP contribution in [0.2, 0.25) is 0 Å². The van der Waals surface area contributed by atoms with E-state index in [1.807, 2.05) is 18.2 Å². The second-order valence-corrected chi connectivity index (χ2v) is 6.16. The summed E-state index contributed by atoms with van der Waals surface area (Å²) >= 11 is 0. The Morgan fingerprint density at radius 1 is 0.950 bits per heavy atom. The molecule has 0 aliphatic carbocycles. The SMILES string of the molecule is CC(C)c1ccc(CC(C)(CO)c2ccccc2)cc1. The van der Waals surface area contributed by atoms with E-state index in [-0.39, 0.29) is 12.0 Å². The lowest BCUT2D eigenvalue weighted by Crippen LogP contribution is -2.29. The topological polar surface area (TPSA) is 20.2 Å². The molecule has 0 spiro atoms. The lowest BCUT2D eigenvalue weighted by atomic mass is 9.78. The fourth-order valence-electron chi connectivity index (χ4n) is 2.56. The molecule has 2 aromatic carbocycles. The zero-order valence-electron chi connectivity index (χ0n) is 12.6. The Kier molecular flexibility index (Phi) is 4.61. The molecule has 0 fully saturated rings. The second-order valence-electron chi connectivity index (χ2n) is 6.16. The first-order valence-corrected chi connectivity index (χ1v) is 7.30. The summed E-state index contributed by atoms with van der Waals surface area (Å²) < 4.78 is 0. The van der Waals surface area contributed by atoms with Gasteiger partial charge in [-0.1, -0.05) is 75.4 Å². The molecule has 0 radical (unpaired) electrons. The molecule has 0 aromatic heterocycles. The summed E-state index contributed by atoms with van der Waals surface area (Å²) in [6, 6.07) is 19.0. The lowest BCUT2D eigenvalue weighted by Gasteiger charge is -2.28. The van der Waals surface area contributed by atoms with Gasteiger partial charge in [0.25, 0.3) is 0 Å². The van der Waals surface area contributed by atoms with Gasteiger partial charge in [0.05, 0.1) is 6.61 Å². The number of rotatable bonds is 5. The third-order valence-electron chi connectivity index (χ3n) is 4.06. The van der Waals surface area contributed by atoms with Crippen LogP contribution in [0.1, 0.15) is 43.4 Å². The minimum atomic E-state index is -0.222. The van der Waals surface area contributed by atoms with Crippen LogP contribution in [0.5, 0.6) is 0 Å². The minimum absolute atomic E-state index is 0.156. The van der Waals surface area contributed by atoms with Crippen molar-refractivity contribution in [3.8, 4) is 0 Å². The highest BCUT2D eigenvalue weighted by Crippen LogP contribution is 2.28. The van der Waals surface area contributed by atoms with Gasteiger partial charge in [-0.05, 0) is 29.0 Å². The number of aliphatic hydroxyl groups is 1.